The van der Waals surface area contributed by atoms with Crippen molar-refractivity contribution < 1.29 is 76.8 Å². The Morgan fingerprint density at radius 3 is 1.30 bits per heavy atom. The number of rotatable bonds is 17. The van der Waals surface area contributed by atoms with E-state index in [0.29, 0.717) is 11.5 Å². The Bertz CT molecular complexity index is 2930. The summed E-state index contributed by atoms with van der Waals surface area (Å²) in [6.07, 6.45) is 6.70. The smallest absolute Gasteiger partial charge is 0.482 e. The predicted octanol–water partition coefficient (Wildman–Crippen LogP) is 10.0. The van der Waals surface area contributed by atoms with E-state index in [2.05, 4.69) is 63.5 Å². The van der Waals surface area contributed by atoms with E-state index in [1.165, 1.54) is 50.7 Å². The van der Waals surface area contributed by atoms with Crippen molar-refractivity contribution in [2.24, 2.45) is 45.3 Å². The molecule has 2 aromatic rings. The average molecular weight is 1190 g/mol. The standard InChI is InChI=1S/C68H92N2O16/c1-37(81-57(73)83-43-19-17-41-31-47-63-23-25-67(77-11,45(33-63)61(9,75)59(3,4)5)55-65(63,51(41)53(43)85-55)27-29-69(47)35-39-13-14-39)79-49(71)21-22-50(72)80-38(2)82-58(74)84-44-20-18-42-32-48-64-24-26-68(78-12,46(34-64)62(10,76)60(6,7)8)56-66(64,52(42)54(44)86-56)28-30-70(48)36-40-15-16-40/h17-20,37-40,45-48,55-56,75-76H,13-16,21-36H2,1-12H3/t37?,38?,45-,46-,47?,48?,55-,56-,61+,62+,63-,64-,65+,66+,67-,68-/m1/s1. The van der Waals surface area contributed by atoms with Crippen molar-refractivity contribution in [1.29, 1.82) is 0 Å². The van der Waals surface area contributed by atoms with Gasteiger partial charge in [0.1, 0.15) is 23.4 Å². The first kappa shape index (κ1) is 58.9. The van der Waals surface area contributed by atoms with E-state index < -0.39 is 106 Å². The van der Waals surface area contributed by atoms with Crippen molar-refractivity contribution in [3.05, 3.63) is 46.5 Å². The zero-order valence-corrected chi connectivity index (χ0v) is 52.7. The van der Waals surface area contributed by atoms with Gasteiger partial charge in [-0.3, -0.25) is 19.4 Å². The number of fused-ring (bicyclic) bond motifs is 4. The molecule has 0 radical (unpaired) electrons. The van der Waals surface area contributed by atoms with Crippen LogP contribution in [0.15, 0.2) is 24.3 Å². The van der Waals surface area contributed by atoms with Gasteiger partial charge in [-0.2, -0.15) is 0 Å². The number of esters is 2. The summed E-state index contributed by atoms with van der Waals surface area (Å²) in [5, 5.41) is 25.3. The summed E-state index contributed by atoms with van der Waals surface area (Å²) < 4.78 is 61.6. The third kappa shape index (κ3) is 8.01. The van der Waals surface area contributed by atoms with Crippen LogP contribution in [-0.4, -0.2) is 144 Å². The number of hydrogen-bond acceptors (Lipinski definition) is 18. The molecule has 4 unspecified atom stereocenters. The van der Waals surface area contributed by atoms with E-state index in [1.54, 1.807) is 26.4 Å². The molecule has 18 nitrogen and oxygen atoms in total. The van der Waals surface area contributed by atoms with Crippen LogP contribution >= 0.6 is 0 Å². The highest BCUT2D eigenvalue weighted by atomic mass is 16.8. The predicted molar refractivity (Wildman–Crippen MR) is 312 cm³/mol. The molecule has 10 aliphatic carbocycles. The Balaban J connectivity index is 0.610. The van der Waals surface area contributed by atoms with Gasteiger partial charge in [0.2, 0.25) is 12.6 Å². The average Bonchev–Trinajstić information content (AvgIpc) is 1.24. The van der Waals surface area contributed by atoms with Gasteiger partial charge in [-0.05, 0) is 163 Å². The van der Waals surface area contributed by atoms with Crippen LogP contribution in [0.25, 0.3) is 0 Å². The highest BCUT2D eigenvalue weighted by molar-refractivity contribution is 5.78. The van der Waals surface area contributed by atoms with Gasteiger partial charge < -0.3 is 57.6 Å². The van der Waals surface area contributed by atoms with Crippen LogP contribution in [0.1, 0.15) is 181 Å². The number of piperidine rings is 2. The van der Waals surface area contributed by atoms with Crippen LogP contribution in [0.5, 0.6) is 23.0 Å². The molecule has 2 N–H and O–H groups in total. The van der Waals surface area contributed by atoms with Crippen molar-refractivity contribution in [3.8, 4) is 23.0 Å². The monoisotopic (exact) mass is 1190 g/mol. The number of methoxy groups -OCH3 is 2. The third-order valence-electron chi connectivity index (χ3n) is 25.7. The van der Waals surface area contributed by atoms with Crippen LogP contribution in [0.4, 0.5) is 9.59 Å². The molecule has 8 saturated carbocycles. The highest BCUT2D eigenvalue weighted by Crippen LogP contribution is 2.80. The van der Waals surface area contributed by atoms with Crippen LogP contribution in [0, 0.1) is 45.3 Å². The number of ether oxygens (including phenoxy) is 10. The number of carbonyl (C=O) groups excluding carboxylic acids is 4. The van der Waals surface area contributed by atoms with E-state index in [-0.39, 0.29) is 46.2 Å². The maximum absolute atomic E-state index is 13.6. The number of nitrogens with zero attached hydrogens (tertiary/aromatic N) is 2. The number of carbonyl (C=O) groups is 4. The summed E-state index contributed by atoms with van der Waals surface area (Å²) in [4.78, 5) is 59.0. The molecule has 4 aliphatic heterocycles. The van der Waals surface area contributed by atoms with E-state index >= 15 is 0 Å². The number of aliphatic hydroxyl groups is 2. The van der Waals surface area contributed by atoms with Crippen LogP contribution in [-0.2, 0) is 61.7 Å². The molecule has 470 valence electrons. The van der Waals surface area contributed by atoms with Gasteiger partial charge in [0.25, 0.3) is 0 Å². The zero-order valence-electron chi connectivity index (χ0n) is 52.7. The molecule has 2 saturated heterocycles. The molecule has 0 amide bonds. The maximum Gasteiger partial charge on any atom is 0.517 e. The van der Waals surface area contributed by atoms with E-state index in [4.69, 9.17) is 47.4 Å². The fraction of sp³-hybridized carbons (Fsp3) is 0.765. The van der Waals surface area contributed by atoms with Crippen LogP contribution in [0.3, 0.4) is 0 Å². The second-order valence-electron chi connectivity index (χ2n) is 31.1. The van der Waals surface area contributed by atoms with Gasteiger partial charge in [-0.1, -0.05) is 53.7 Å². The number of likely N-dealkylation sites (tertiary alicyclic amines) is 2. The fourth-order valence-corrected chi connectivity index (χ4v) is 20.5. The summed E-state index contributed by atoms with van der Waals surface area (Å²) >= 11 is 0. The minimum absolute atomic E-state index is 0.202. The van der Waals surface area contributed by atoms with Crippen LogP contribution in [0.2, 0.25) is 0 Å². The minimum Gasteiger partial charge on any atom is -0.482 e. The molecule has 4 heterocycles. The van der Waals surface area contributed by atoms with Gasteiger partial charge in [-0.25, -0.2) is 9.59 Å². The second kappa shape index (κ2) is 19.4. The fourth-order valence-electron chi connectivity index (χ4n) is 20.5. The third-order valence-corrected chi connectivity index (χ3v) is 25.7. The molecule has 8 bridgehead atoms. The van der Waals surface area contributed by atoms with E-state index in [0.717, 1.165) is 113 Å². The molecule has 14 aliphatic rings. The van der Waals surface area contributed by atoms with Gasteiger partial charge in [-0.15, -0.1) is 0 Å². The van der Waals surface area contributed by atoms with Gasteiger partial charge in [0, 0.05) is 97.9 Å². The molecule has 10 fully saturated rings. The zero-order chi connectivity index (χ0) is 60.9. The Kier molecular flexibility index (Phi) is 13.3. The lowest BCUT2D eigenvalue weighted by Crippen LogP contribution is -2.83. The van der Waals surface area contributed by atoms with Crippen molar-refractivity contribution >= 4 is 24.2 Å². The lowest BCUT2D eigenvalue weighted by molar-refractivity contribution is -0.312. The number of hydrogen-bond donors (Lipinski definition) is 2. The lowest BCUT2D eigenvalue weighted by atomic mass is 9.33. The molecule has 16 atom stereocenters. The van der Waals surface area contributed by atoms with Crippen molar-refractivity contribution in [3.63, 3.8) is 0 Å². The molecular weight excluding hydrogens is 1100 g/mol. The van der Waals surface area contributed by atoms with E-state index in [9.17, 15) is 29.4 Å². The minimum atomic E-state index is -1.39. The Morgan fingerprint density at radius 2 is 0.953 bits per heavy atom. The van der Waals surface area contributed by atoms with Gasteiger partial charge >= 0.3 is 24.2 Å². The normalized spacial score (nSPS) is 37.7. The summed E-state index contributed by atoms with van der Waals surface area (Å²) in [7, 11) is 3.51. The Hall–Kier alpha value is -4.72. The van der Waals surface area contributed by atoms with Crippen LogP contribution < -0.4 is 18.9 Å². The first-order chi connectivity index (χ1) is 40.6. The summed E-state index contributed by atoms with van der Waals surface area (Å²) in [6, 6.07) is 8.16. The highest BCUT2D eigenvalue weighted by Gasteiger charge is 2.84. The molecule has 2 aromatic carbocycles. The molecular formula is C68H92N2O16. The topological polar surface area (TPSA) is 208 Å². The summed E-state index contributed by atoms with van der Waals surface area (Å²) in [5.74, 6) is 0.720. The molecule has 0 aromatic heterocycles. The summed E-state index contributed by atoms with van der Waals surface area (Å²) in [5.41, 5.74) is -1.47. The SMILES string of the molecule is CO[C@]12CC[C@@]3(C[C@@H]1[C@](C)(O)C(C)(C)C)C1Cc4ccc(OC(=O)OC(C)OC(=O)CCC(=O)OC(C)OC(=O)Oc5ccc6c7c5O[C@H]5[C@@]8(OC)CC[C@@]9(C[C@@H]8[C@](C)(O)C(C)(C)C)C(C6)N(CC6CC6)CC[C@]759)c5c4[C@@]3(CCN1CC1CC1)[C@H]2O5. The van der Waals surface area contributed by atoms with Crippen molar-refractivity contribution in [2.45, 2.75) is 242 Å². The Morgan fingerprint density at radius 1 is 0.570 bits per heavy atom. The quantitative estimate of drug-likeness (QED) is 0.0858. The first-order valence-electron chi connectivity index (χ1n) is 32.4. The summed E-state index contributed by atoms with van der Waals surface area (Å²) in [6.45, 7) is 23.3. The molecule has 86 heavy (non-hydrogen) atoms. The van der Waals surface area contributed by atoms with Crippen molar-refractivity contribution in [2.75, 3.05) is 40.4 Å². The lowest BCUT2D eigenvalue weighted by Gasteiger charge is -2.75. The van der Waals surface area contributed by atoms with Crippen molar-refractivity contribution in [1.82, 2.24) is 9.80 Å². The molecule has 16 rings (SSSR count). The molecule has 4 spiro atoms. The van der Waals surface area contributed by atoms with E-state index in [1.807, 2.05) is 13.8 Å². The first-order valence-corrected chi connectivity index (χ1v) is 32.4. The molecule has 18 heteroatoms. The van der Waals surface area contributed by atoms with Gasteiger partial charge in [0.15, 0.2) is 23.0 Å². The second-order valence-corrected chi connectivity index (χ2v) is 31.1. The number of benzene rings is 2. The maximum atomic E-state index is 13.6. The Labute approximate surface area is 506 Å². The largest absolute Gasteiger partial charge is 0.517 e. The van der Waals surface area contributed by atoms with Gasteiger partial charge in [0.05, 0.1) is 24.0 Å².